The molecule has 166 valence electrons. The van der Waals surface area contributed by atoms with Crippen LogP contribution in [-0.2, 0) is 28.9 Å². The molecule has 4 rings (SSSR count). The smallest absolute Gasteiger partial charge is 0.349 e. The van der Waals surface area contributed by atoms with E-state index in [-0.39, 0.29) is 17.3 Å². The summed E-state index contributed by atoms with van der Waals surface area (Å²) in [4.78, 5) is 41.0. The molecular formula is C23H23N3O5S. The van der Waals surface area contributed by atoms with Crippen molar-refractivity contribution in [2.75, 3.05) is 18.2 Å². The predicted molar refractivity (Wildman–Crippen MR) is 120 cm³/mol. The zero-order valence-corrected chi connectivity index (χ0v) is 18.4. The number of anilines is 1. The van der Waals surface area contributed by atoms with Crippen LogP contribution in [0.2, 0.25) is 0 Å². The molecular weight excluding hydrogens is 430 g/mol. The molecule has 32 heavy (non-hydrogen) atoms. The first kappa shape index (κ1) is 21.9. The van der Waals surface area contributed by atoms with Crippen LogP contribution in [0.5, 0.6) is 0 Å². The number of furan rings is 1. The molecule has 1 amide bonds. The van der Waals surface area contributed by atoms with Crippen molar-refractivity contribution in [3.05, 3.63) is 75.7 Å². The van der Waals surface area contributed by atoms with E-state index in [0.29, 0.717) is 28.6 Å². The number of benzene rings is 1. The van der Waals surface area contributed by atoms with Gasteiger partial charge in [0.05, 0.1) is 31.2 Å². The highest BCUT2D eigenvalue weighted by Crippen LogP contribution is 2.29. The van der Waals surface area contributed by atoms with Crippen molar-refractivity contribution >= 4 is 29.3 Å². The Balaban J connectivity index is 1.46. The van der Waals surface area contributed by atoms with E-state index in [1.807, 2.05) is 6.07 Å². The van der Waals surface area contributed by atoms with Crippen molar-refractivity contribution < 1.29 is 18.7 Å². The summed E-state index contributed by atoms with van der Waals surface area (Å²) in [5, 5.41) is 3.42. The number of ether oxygens (including phenoxy) is 1. The average molecular weight is 454 g/mol. The maximum absolute atomic E-state index is 12.7. The number of fused-ring (bicyclic) bond motifs is 1. The molecule has 1 aliphatic rings. The van der Waals surface area contributed by atoms with Crippen LogP contribution < -0.4 is 11.0 Å². The van der Waals surface area contributed by atoms with Gasteiger partial charge in [0, 0.05) is 16.9 Å². The lowest BCUT2D eigenvalue weighted by Crippen LogP contribution is -2.30. The van der Waals surface area contributed by atoms with Crippen LogP contribution in [0.1, 0.15) is 40.2 Å². The van der Waals surface area contributed by atoms with Crippen LogP contribution in [0.4, 0.5) is 5.69 Å². The molecule has 0 spiro atoms. The lowest BCUT2D eigenvalue weighted by molar-refractivity contribution is -0.113. The minimum absolute atomic E-state index is 0.125. The summed E-state index contributed by atoms with van der Waals surface area (Å²) in [6, 6.07) is 10.1. The van der Waals surface area contributed by atoms with E-state index in [9.17, 15) is 14.4 Å². The molecule has 2 heterocycles. The second-order valence-electron chi connectivity index (χ2n) is 7.40. The van der Waals surface area contributed by atoms with Crippen molar-refractivity contribution in [2.24, 2.45) is 0 Å². The molecule has 0 radical (unpaired) electrons. The third-order valence-corrected chi connectivity index (χ3v) is 6.29. The summed E-state index contributed by atoms with van der Waals surface area (Å²) >= 11 is 1.27. The fraction of sp³-hybridized carbons (Fsp3) is 0.304. The molecule has 0 atom stereocenters. The highest BCUT2D eigenvalue weighted by atomic mass is 32.2. The van der Waals surface area contributed by atoms with Gasteiger partial charge >= 0.3 is 11.7 Å². The summed E-state index contributed by atoms with van der Waals surface area (Å²) in [5.41, 5.74) is 2.68. The quantitative estimate of drug-likeness (QED) is 0.333. The molecule has 0 bridgehead atoms. The number of hydrogen-bond acceptors (Lipinski definition) is 7. The predicted octanol–water partition coefficient (Wildman–Crippen LogP) is 3.28. The van der Waals surface area contributed by atoms with E-state index >= 15 is 0 Å². The number of esters is 1. The Labute approximate surface area is 189 Å². The number of hydrogen-bond donors (Lipinski definition) is 1. The SMILES string of the molecule is COC(=O)c1ccc(NC(=O)CSc2nc(=O)n(Cc3ccco3)c3c2CCCC3)cc1. The maximum atomic E-state index is 12.7. The van der Waals surface area contributed by atoms with Gasteiger partial charge in [-0.05, 0) is 62.1 Å². The normalized spacial score (nSPS) is 12.8. The standard InChI is InChI=1S/C23H23N3O5S/c1-30-22(28)15-8-10-16(11-9-15)24-20(27)14-32-21-18-6-2-3-7-19(18)26(23(29)25-21)13-17-5-4-12-31-17/h4-5,8-12H,2-3,6-7,13-14H2,1H3,(H,24,27). The summed E-state index contributed by atoms with van der Waals surface area (Å²) in [6.07, 6.45) is 5.27. The van der Waals surface area contributed by atoms with E-state index in [4.69, 9.17) is 4.42 Å². The Kier molecular flexibility index (Phi) is 6.75. The van der Waals surface area contributed by atoms with Crippen molar-refractivity contribution in [3.63, 3.8) is 0 Å². The number of thioether (sulfide) groups is 1. The summed E-state index contributed by atoms with van der Waals surface area (Å²) in [7, 11) is 1.32. The van der Waals surface area contributed by atoms with E-state index < -0.39 is 5.97 Å². The fourth-order valence-electron chi connectivity index (χ4n) is 3.73. The summed E-state index contributed by atoms with van der Waals surface area (Å²) in [5.74, 6) is 0.183. The van der Waals surface area contributed by atoms with Crippen LogP contribution in [0.3, 0.4) is 0 Å². The first-order chi connectivity index (χ1) is 15.5. The van der Waals surface area contributed by atoms with Gasteiger partial charge in [-0.15, -0.1) is 0 Å². The van der Waals surface area contributed by atoms with Crippen LogP contribution in [0, 0.1) is 0 Å². The first-order valence-corrected chi connectivity index (χ1v) is 11.3. The third-order valence-electron chi connectivity index (χ3n) is 5.27. The Morgan fingerprint density at radius 3 is 2.69 bits per heavy atom. The van der Waals surface area contributed by atoms with Gasteiger partial charge < -0.3 is 14.5 Å². The van der Waals surface area contributed by atoms with Crippen LogP contribution in [0.25, 0.3) is 0 Å². The summed E-state index contributed by atoms with van der Waals surface area (Å²) in [6.45, 7) is 0.355. The largest absolute Gasteiger partial charge is 0.467 e. The first-order valence-electron chi connectivity index (χ1n) is 10.3. The number of aromatic nitrogens is 2. The molecule has 1 N–H and O–H groups in total. The molecule has 0 unspecified atom stereocenters. The molecule has 8 nitrogen and oxygen atoms in total. The van der Waals surface area contributed by atoms with Gasteiger partial charge in [-0.25, -0.2) is 9.59 Å². The minimum atomic E-state index is -0.434. The number of amides is 1. The summed E-state index contributed by atoms with van der Waals surface area (Å²) < 4.78 is 11.8. The number of rotatable bonds is 7. The molecule has 0 saturated heterocycles. The monoisotopic (exact) mass is 453 g/mol. The van der Waals surface area contributed by atoms with Crippen molar-refractivity contribution in [1.29, 1.82) is 0 Å². The van der Waals surface area contributed by atoms with Crippen molar-refractivity contribution in [1.82, 2.24) is 9.55 Å². The highest BCUT2D eigenvalue weighted by Gasteiger charge is 2.21. The van der Waals surface area contributed by atoms with Gasteiger partial charge in [0.25, 0.3) is 0 Å². The van der Waals surface area contributed by atoms with Gasteiger partial charge in [0.2, 0.25) is 5.91 Å². The Morgan fingerprint density at radius 2 is 1.97 bits per heavy atom. The van der Waals surface area contributed by atoms with E-state index in [0.717, 1.165) is 36.9 Å². The van der Waals surface area contributed by atoms with E-state index in [1.54, 1.807) is 41.2 Å². The molecule has 0 saturated carbocycles. The average Bonchev–Trinajstić information content (AvgIpc) is 3.33. The van der Waals surface area contributed by atoms with Gasteiger partial charge in [-0.2, -0.15) is 4.98 Å². The molecule has 1 aromatic carbocycles. The molecule has 2 aromatic heterocycles. The van der Waals surface area contributed by atoms with Crippen LogP contribution in [0.15, 0.2) is 56.9 Å². The molecule has 9 heteroatoms. The van der Waals surface area contributed by atoms with Crippen LogP contribution >= 0.6 is 11.8 Å². The topological polar surface area (TPSA) is 103 Å². The van der Waals surface area contributed by atoms with Crippen molar-refractivity contribution in [2.45, 2.75) is 37.3 Å². The molecule has 0 aliphatic heterocycles. The second-order valence-corrected chi connectivity index (χ2v) is 8.37. The zero-order valence-electron chi connectivity index (χ0n) is 17.6. The lowest BCUT2D eigenvalue weighted by atomic mass is 9.97. The van der Waals surface area contributed by atoms with Gasteiger partial charge in [-0.3, -0.25) is 9.36 Å². The zero-order chi connectivity index (χ0) is 22.5. The van der Waals surface area contributed by atoms with E-state index in [1.165, 1.54) is 18.9 Å². The number of carbonyl (C=O) groups is 2. The van der Waals surface area contributed by atoms with Gasteiger partial charge in [-0.1, -0.05) is 11.8 Å². The minimum Gasteiger partial charge on any atom is -0.467 e. The molecule has 3 aromatic rings. The number of nitrogens with one attached hydrogen (secondary N) is 1. The number of carbonyl (C=O) groups excluding carboxylic acids is 2. The highest BCUT2D eigenvalue weighted by molar-refractivity contribution is 8.00. The van der Waals surface area contributed by atoms with Crippen molar-refractivity contribution in [3.8, 4) is 0 Å². The number of methoxy groups -OCH3 is 1. The number of nitrogens with zero attached hydrogens (tertiary/aromatic N) is 2. The fourth-order valence-corrected chi connectivity index (χ4v) is 4.60. The molecule has 1 aliphatic carbocycles. The maximum Gasteiger partial charge on any atom is 0.349 e. The second kappa shape index (κ2) is 9.86. The Morgan fingerprint density at radius 1 is 1.19 bits per heavy atom. The van der Waals surface area contributed by atoms with Gasteiger partial charge in [0.15, 0.2) is 0 Å². The van der Waals surface area contributed by atoms with Gasteiger partial charge in [0.1, 0.15) is 10.8 Å². The molecule has 0 fully saturated rings. The lowest BCUT2D eigenvalue weighted by Gasteiger charge is -2.22. The van der Waals surface area contributed by atoms with Crippen LogP contribution in [-0.4, -0.2) is 34.3 Å². The third kappa shape index (κ3) is 4.94. The Hall–Kier alpha value is -3.33. The van der Waals surface area contributed by atoms with E-state index in [2.05, 4.69) is 15.0 Å². The Bertz CT molecular complexity index is 1170.